The molecule has 7 atom stereocenters. The number of carbonyl (C=O) groups excluding carboxylic acids is 2. The third kappa shape index (κ3) is 5.22. The molecular formula is C30H50O3. The monoisotopic (exact) mass is 458 g/mol. The van der Waals surface area contributed by atoms with E-state index in [2.05, 4.69) is 20.8 Å². The predicted molar refractivity (Wildman–Crippen MR) is 134 cm³/mol. The van der Waals surface area contributed by atoms with Crippen molar-refractivity contribution in [3.8, 4) is 0 Å². The summed E-state index contributed by atoms with van der Waals surface area (Å²) in [7, 11) is 0. The number of rotatable bonds is 10. The van der Waals surface area contributed by atoms with Crippen molar-refractivity contribution in [2.75, 3.05) is 0 Å². The number of ether oxygens (including phenoxy) is 1. The van der Waals surface area contributed by atoms with E-state index in [-0.39, 0.29) is 17.5 Å². The summed E-state index contributed by atoms with van der Waals surface area (Å²) in [5, 5.41) is 0. The zero-order valence-corrected chi connectivity index (χ0v) is 21.8. The van der Waals surface area contributed by atoms with Crippen molar-refractivity contribution < 1.29 is 14.3 Å². The van der Waals surface area contributed by atoms with Crippen molar-refractivity contribution in [1.29, 1.82) is 0 Å². The van der Waals surface area contributed by atoms with Gasteiger partial charge >= 0.3 is 5.97 Å². The van der Waals surface area contributed by atoms with Crippen LogP contribution in [0, 0.1) is 34.5 Å². The minimum Gasteiger partial charge on any atom is -0.462 e. The highest BCUT2D eigenvalue weighted by Gasteiger charge is 2.61. The average molecular weight is 459 g/mol. The van der Waals surface area contributed by atoms with Crippen LogP contribution >= 0.6 is 0 Å². The van der Waals surface area contributed by atoms with Crippen LogP contribution < -0.4 is 0 Å². The van der Waals surface area contributed by atoms with E-state index in [4.69, 9.17) is 4.74 Å². The summed E-state index contributed by atoms with van der Waals surface area (Å²) >= 11 is 0. The summed E-state index contributed by atoms with van der Waals surface area (Å²) < 4.78 is 6.19. The van der Waals surface area contributed by atoms with Crippen LogP contribution in [-0.4, -0.2) is 17.9 Å². The van der Waals surface area contributed by atoms with E-state index < -0.39 is 0 Å². The van der Waals surface area contributed by atoms with Gasteiger partial charge in [0.1, 0.15) is 11.9 Å². The highest BCUT2D eigenvalue weighted by Crippen LogP contribution is 2.66. The summed E-state index contributed by atoms with van der Waals surface area (Å²) in [4.78, 5) is 24.8. The van der Waals surface area contributed by atoms with Crippen LogP contribution in [-0.2, 0) is 14.3 Å². The Bertz CT molecular complexity index is 686. The van der Waals surface area contributed by atoms with Crippen LogP contribution in [0.5, 0.6) is 0 Å². The fourth-order valence-corrected chi connectivity index (χ4v) is 8.81. The van der Waals surface area contributed by atoms with Crippen LogP contribution in [0.3, 0.4) is 0 Å². The number of hydrogen-bond donors (Lipinski definition) is 0. The second-order valence-corrected chi connectivity index (χ2v) is 12.7. The molecule has 0 radical (unpaired) electrons. The van der Waals surface area contributed by atoms with Gasteiger partial charge in [0.05, 0.1) is 0 Å². The largest absolute Gasteiger partial charge is 0.462 e. The van der Waals surface area contributed by atoms with Crippen LogP contribution in [0.2, 0.25) is 0 Å². The Labute approximate surface area is 203 Å². The molecule has 0 bridgehead atoms. The van der Waals surface area contributed by atoms with Crippen molar-refractivity contribution in [2.45, 2.75) is 142 Å². The molecule has 4 rings (SSSR count). The first-order chi connectivity index (χ1) is 15.9. The van der Waals surface area contributed by atoms with Crippen molar-refractivity contribution in [3.05, 3.63) is 0 Å². The van der Waals surface area contributed by atoms with E-state index in [1.165, 1.54) is 70.6 Å². The van der Waals surface area contributed by atoms with Gasteiger partial charge in [0.2, 0.25) is 0 Å². The first-order valence-corrected chi connectivity index (χ1v) is 14.6. The summed E-state index contributed by atoms with van der Waals surface area (Å²) in [5.41, 5.74) is 0.535. The van der Waals surface area contributed by atoms with Crippen molar-refractivity contribution >= 4 is 11.8 Å². The minimum absolute atomic E-state index is 0.0523. The Kier molecular flexibility index (Phi) is 8.27. The van der Waals surface area contributed by atoms with Gasteiger partial charge in [-0.15, -0.1) is 0 Å². The van der Waals surface area contributed by atoms with E-state index in [1.54, 1.807) is 0 Å². The van der Waals surface area contributed by atoms with Crippen molar-refractivity contribution in [1.82, 2.24) is 0 Å². The number of hydrogen-bond acceptors (Lipinski definition) is 3. The van der Waals surface area contributed by atoms with E-state index in [1.807, 2.05) is 0 Å². The number of unbranched alkanes of at least 4 members (excludes halogenated alkanes) is 7. The lowest BCUT2D eigenvalue weighted by Gasteiger charge is -2.60. The maximum atomic E-state index is 12.7. The molecule has 0 aromatic carbocycles. The molecule has 3 nitrogen and oxygen atoms in total. The standard InChI is InChI=1S/C30H50O3/c1-4-5-6-7-8-9-10-11-12-28(32)33-27-16-15-25-24-14-13-22-21-23(31)17-19-29(22,2)26(24)18-20-30(25,27)3/h22,24-27H,4-21H2,1-3H3/t22-,24+,25-,26-,27+,29+,30+/m1/s1. The van der Waals surface area contributed by atoms with E-state index >= 15 is 0 Å². The third-order valence-electron chi connectivity index (χ3n) is 10.9. The van der Waals surface area contributed by atoms with Crippen LogP contribution in [0.15, 0.2) is 0 Å². The molecule has 4 saturated carbocycles. The van der Waals surface area contributed by atoms with Gasteiger partial charge in [-0.2, -0.15) is 0 Å². The Hall–Kier alpha value is -0.860. The number of carbonyl (C=O) groups is 2. The fraction of sp³-hybridized carbons (Fsp3) is 0.933. The third-order valence-corrected chi connectivity index (χ3v) is 10.9. The minimum atomic E-state index is 0.0523. The predicted octanol–water partition coefficient (Wildman–Crippen LogP) is 8.04. The second-order valence-electron chi connectivity index (χ2n) is 12.7. The zero-order valence-electron chi connectivity index (χ0n) is 21.8. The summed E-state index contributed by atoms with van der Waals surface area (Å²) in [6.45, 7) is 7.21. The lowest BCUT2D eigenvalue weighted by Crippen LogP contribution is -2.54. The van der Waals surface area contributed by atoms with Gasteiger partial charge in [-0.3, -0.25) is 9.59 Å². The molecule has 33 heavy (non-hydrogen) atoms. The summed E-state index contributed by atoms with van der Waals surface area (Å²) in [6, 6.07) is 0. The highest BCUT2D eigenvalue weighted by atomic mass is 16.5. The average Bonchev–Trinajstić information content (AvgIpc) is 3.12. The molecule has 0 aliphatic heterocycles. The lowest BCUT2D eigenvalue weighted by atomic mass is 9.45. The Morgan fingerprint density at radius 3 is 2.30 bits per heavy atom. The van der Waals surface area contributed by atoms with Gasteiger partial charge in [0.15, 0.2) is 0 Å². The second kappa shape index (κ2) is 10.8. The van der Waals surface area contributed by atoms with Gasteiger partial charge < -0.3 is 4.74 Å². The molecule has 4 aliphatic rings. The summed E-state index contributed by atoms with van der Waals surface area (Å²) in [5.74, 6) is 3.42. The Balaban J connectivity index is 1.26. The number of Topliss-reactive ketones (excluding diaryl/α,β-unsaturated/α-hetero) is 1. The molecule has 0 aromatic heterocycles. The molecule has 4 aliphatic carbocycles. The molecular weight excluding hydrogens is 408 g/mol. The van der Waals surface area contributed by atoms with Gasteiger partial charge in [0.25, 0.3) is 0 Å². The molecule has 0 unspecified atom stereocenters. The normalized spacial score (nSPS) is 40.1. The van der Waals surface area contributed by atoms with Gasteiger partial charge in [-0.05, 0) is 80.5 Å². The molecule has 4 fully saturated rings. The zero-order chi connectivity index (χ0) is 23.5. The van der Waals surface area contributed by atoms with E-state index in [9.17, 15) is 9.59 Å². The topological polar surface area (TPSA) is 43.4 Å². The van der Waals surface area contributed by atoms with Crippen molar-refractivity contribution in [2.24, 2.45) is 34.5 Å². The molecule has 0 saturated heterocycles. The van der Waals surface area contributed by atoms with Gasteiger partial charge in [-0.1, -0.05) is 65.7 Å². The first-order valence-electron chi connectivity index (χ1n) is 14.6. The highest BCUT2D eigenvalue weighted by molar-refractivity contribution is 5.79. The molecule has 0 heterocycles. The lowest BCUT2D eigenvalue weighted by molar-refractivity contribution is -0.164. The maximum Gasteiger partial charge on any atom is 0.306 e. The van der Waals surface area contributed by atoms with E-state index in [0.717, 1.165) is 50.4 Å². The Morgan fingerprint density at radius 1 is 0.848 bits per heavy atom. The summed E-state index contributed by atoms with van der Waals surface area (Å²) in [6.07, 6.45) is 20.8. The molecule has 0 spiro atoms. The van der Waals surface area contributed by atoms with Gasteiger partial charge in [0, 0.05) is 24.7 Å². The maximum absolute atomic E-state index is 12.7. The van der Waals surface area contributed by atoms with Crippen molar-refractivity contribution in [3.63, 3.8) is 0 Å². The SMILES string of the molecule is CCCCCCCCCCC(=O)O[C@H]1CC[C@@H]2[C@@H]3CC[C@@H]4CC(=O)CC[C@]4(C)[C@@H]3CC[C@]12C. The number of fused-ring (bicyclic) bond motifs is 5. The first kappa shape index (κ1) is 25.2. The fourth-order valence-electron chi connectivity index (χ4n) is 8.81. The smallest absolute Gasteiger partial charge is 0.306 e. The number of esters is 1. The molecule has 0 N–H and O–H groups in total. The molecule has 0 aromatic rings. The molecule has 0 amide bonds. The Morgan fingerprint density at radius 2 is 1.55 bits per heavy atom. The van der Waals surface area contributed by atoms with Crippen LogP contribution in [0.4, 0.5) is 0 Å². The van der Waals surface area contributed by atoms with Crippen LogP contribution in [0.25, 0.3) is 0 Å². The number of ketones is 1. The molecule has 188 valence electrons. The quantitative estimate of drug-likeness (QED) is 0.246. The molecule has 3 heteroatoms. The van der Waals surface area contributed by atoms with Gasteiger partial charge in [-0.25, -0.2) is 0 Å². The van der Waals surface area contributed by atoms with Crippen LogP contribution in [0.1, 0.15) is 136 Å². The van der Waals surface area contributed by atoms with E-state index in [0.29, 0.717) is 29.5 Å².